The molecule has 1 aromatic rings. The van der Waals surface area contributed by atoms with E-state index in [1.54, 1.807) is 24.1 Å². The quantitative estimate of drug-likeness (QED) is 0.899. The van der Waals surface area contributed by atoms with Gasteiger partial charge in [-0.05, 0) is 25.6 Å². The Morgan fingerprint density at radius 2 is 2.00 bits per heavy atom. The van der Waals surface area contributed by atoms with Gasteiger partial charge in [-0.2, -0.15) is 0 Å². The summed E-state index contributed by atoms with van der Waals surface area (Å²) >= 11 is 15.6. The molecule has 1 saturated heterocycles. The number of hydrogen-bond donors (Lipinski definition) is 1. The second-order valence-corrected chi connectivity index (χ2v) is 5.57. The summed E-state index contributed by atoms with van der Waals surface area (Å²) in [6.07, 6.45) is 0.762. The van der Waals surface area contributed by atoms with Gasteiger partial charge in [0, 0.05) is 11.0 Å². The van der Waals surface area contributed by atoms with Gasteiger partial charge in [-0.25, -0.2) is 0 Å². The highest BCUT2D eigenvalue weighted by Gasteiger charge is 2.33. The van der Waals surface area contributed by atoms with E-state index in [2.05, 4.69) is 21.2 Å². The van der Waals surface area contributed by atoms with E-state index < -0.39 is 0 Å². The third-order valence-corrected chi connectivity index (χ3v) is 3.84. The molecule has 1 aliphatic heterocycles. The topological polar surface area (TPSA) is 32.3 Å². The zero-order valence-corrected chi connectivity index (χ0v) is 12.2. The summed E-state index contributed by atoms with van der Waals surface area (Å²) in [4.78, 5) is 13.7. The Kier molecular flexibility index (Phi) is 3.98. The molecular formula is C11H11BrCl2N2O. The van der Waals surface area contributed by atoms with Crippen molar-refractivity contribution in [3.63, 3.8) is 0 Å². The Hall–Kier alpha value is -0.290. The molecule has 92 valence electrons. The van der Waals surface area contributed by atoms with E-state index in [-0.39, 0.29) is 11.9 Å². The third-order valence-electron chi connectivity index (χ3n) is 2.81. The van der Waals surface area contributed by atoms with Crippen molar-refractivity contribution in [2.45, 2.75) is 12.5 Å². The molecule has 0 aromatic heterocycles. The average molecular weight is 338 g/mol. The van der Waals surface area contributed by atoms with E-state index in [4.69, 9.17) is 23.2 Å². The van der Waals surface area contributed by atoms with Crippen molar-refractivity contribution >= 4 is 50.7 Å². The fraction of sp³-hybridized carbons (Fsp3) is 0.364. The smallest absolute Gasteiger partial charge is 0.244 e. The molecule has 0 radical (unpaired) electrons. The zero-order valence-electron chi connectivity index (χ0n) is 9.14. The van der Waals surface area contributed by atoms with Crippen LogP contribution in [0.5, 0.6) is 0 Å². The molecule has 1 aromatic carbocycles. The fourth-order valence-corrected chi connectivity index (χ4v) is 3.37. The summed E-state index contributed by atoms with van der Waals surface area (Å²) in [7, 11) is 1.77. The lowest BCUT2D eigenvalue weighted by Gasteiger charge is -2.19. The number of likely N-dealkylation sites (N-methyl/N-ethyl adjacent to an activating group) is 1. The standard InChI is InChI=1S/C11H11BrCl2N2O/c1-15-9-2-3-16(11(9)17)10-7(13)4-6(12)5-8(10)14/h4-5,9,15H,2-3H2,1H3. The zero-order chi connectivity index (χ0) is 12.6. The van der Waals surface area contributed by atoms with Gasteiger partial charge in [0.05, 0.1) is 21.8 Å². The Balaban J connectivity index is 2.39. The van der Waals surface area contributed by atoms with Crippen LogP contribution in [0.2, 0.25) is 10.0 Å². The Morgan fingerprint density at radius 1 is 1.41 bits per heavy atom. The number of amides is 1. The van der Waals surface area contributed by atoms with Crippen LogP contribution in [0.1, 0.15) is 6.42 Å². The second kappa shape index (κ2) is 5.14. The van der Waals surface area contributed by atoms with Gasteiger partial charge in [0.25, 0.3) is 0 Å². The molecular weight excluding hydrogens is 327 g/mol. The van der Waals surface area contributed by atoms with Crippen molar-refractivity contribution in [3.05, 3.63) is 26.7 Å². The normalized spacial score (nSPS) is 20.1. The first kappa shape index (κ1) is 13.1. The minimum Gasteiger partial charge on any atom is -0.309 e. The van der Waals surface area contributed by atoms with Gasteiger partial charge in [0.2, 0.25) is 5.91 Å². The number of halogens is 3. The lowest BCUT2D eigenvalue weighted by atomic mass is 10.2. The van der Waals surface area contributed by atoms with E-state index >= 15 is 0 Å². The van der Waals surface area contributed by atoms with Crippen molar-refractivity contribution in [3.8, 4) is 0 Å². The Labute approximate surface area is 118 Å². The SMILES string of the molecule is CNC1CCN(c2c(Cl)cc(Br)cc2Cl)C1=O. The maximum atomic E-state index is 12.1. The molecule has 0 saturated carbocycles. The van der Waals surface area contributed by atoms with Crippen molar-refractivity contribution in [2.75, 3.05) is 18.5 Å². The number of rotatable bonds is 2. The van der Waals surface area contributed by atoms with Crippen molar-refractivity contribution in [1.29, 1.82) is 0 Å². The Morgan fingerprint density at radius 3 is 2.47 bits per heavy atom. The van der Waals surface area contributed by atoms with E-state index in [0.29, 0.717) is 22.3 Å². The van der Waals surface area contributed by atoms with Crippen LogP contribution in [0, 0.1) is 0 Å². The molecule has 0 bridgehead atoms. The number of anilines is 1. The maximum absolute atomic E-state index is 12.1. The van der Waals surface area contributed by atoms with E-state index in [1.807, 2.05) is 0 Å². The molecule has 0 aliphatic carbocycles. The second-order valence-electron chi connectivity index (χ2n) is 3.84. The summed E-state index contributed by atoms with van der Waals surface area (Å²) < 4.78 is 0.799. The minimum atomic E-state index is -0.147. The molecule has 1 unspecified atom stereocenters. The van der Waals surface area contributed by atoms with Crippen LogP contribution in [0.4, 0.5) is 5.69 Å². The van der Waals surface area contributed by atoms with Gasteiger partial charge in [0.15, 0.2) is 0 Å². The molecule has 1 amide bonds. The summed E-state index contributed by atoms with van der Waals surface area (Å²) in [5, 5.41) is 3.94. The predicted molar refractivity (Wildman–Crippen MR) is 74.0 cm³/mol. The molecule has 1 heterocycles. The molecule has 1 atom stereocenters. The summed E-state index contributed by atoms with van der Waals surface area (Å²) in [6, 6.07) is 3.33. The lowest BCUT2D eigenvalue weighted by molar-refractivity contribution is -0.118. The largest absolute Gasteiger partial charge is 0.309 e. The summed E-state index contributed by atoms with van der Waals surface area (Å²) in [6.45, 7) is 0.630. The van der Waals surface area contributed by atoms with Crippen LogP contribution in [0.3, 0.4) is 0 Å². The van der Waals surface area contributed by atoms with Gasteiger partial charge in [0.1, 0.15) is 0 Å². The van der Waals surface area contributed by atoms with Crippen LogP contribution in [-0.4, -0.2) is 25.5 Å². The van der Waals surface area contributed by atoms with Crippen LogP contribution in [0.15, 0.2) is 16.6 Å². The van der Waals surface area contributed by atoms with Crippen LogP contribution in [0.25, 0.3) is 0 Å². The third kappa shape index (κ3) is 2.45. The first-order valence-electron chi connectivity index (χ1n) is 5.17. The van der Waals surface area contributed by atoms with Gasteiger partial charge in [-0.3, -0.25) is 4.79 Å². The first-order valence-corrected chi connectivity index (χ1v) is 6.72. The number of carbonyl (C=O) groups is 1. The molecule has 1 fully saturated rings. The van der Waals surface area contributed by atoms with Gasteiger partial charge >= 0.3 is 0 Å². The number of nitrogens with zero attached hydrogens (tertiary/aromatic N) is 1. The van der Waals surface area contributed by atoms with E-state index in [0.717, 1.165) is 10.9 Å². The molecule has 2 rings (SSSR count). The molecule has 1 aliphatic rings. The predicted octanol–water partition coefficient (Wildman–Crippen LogP) is 3.08. The summed E-state index contributed by atoms with van der Waals surface area (Å²) in [5.74, 6) is 0.0126. The number of carbonyl (C=O) groups excluding carboxylic acids is 1. The van der Waals surface area contributed by atoms with Crippen LogP contribution < -0.4 is 10.2 Å². The highest BCUT2D eigenvalue weighted by Crippen LogP contribution is 2.38. The maximum Gasteiger partial charge on any atom is 0.244 e. The van der Waals surface area contributed by atoms with Gasteiger partial charge in [-0.1, -0.05) is 39.1 Å². The number of nitrogens with one attached hydrogen (secondary N) is 1. The van der Waals surface area contributed by atoms with Crippen molar-refractivity contribution in [2.24, 2.45) is 0 Å². The van der Waals surface area contributed by atoms with Crippen LogP contribution >= 0.6 is 39.1 Å². The lowest BCUT2D eigenvalue weighted by Crippen LogP contribution is -2.36. The van der Waals surface area contributed by atoms with Gasteiger partial charge < -0.3 is 10.2 Å². The van der Waals surface area contributed by atoms with Gasteiger partial charge in [-0.15, -0.1) is 0 Å². The molecule has 6 heteroatoms. The average Bonchev–Trinajstić information content (AvgIpc) is 2.59. The molecule has 3 nitrogen and oxygen atoms in total. The van der Waals surface area contributed by atoms with Crippen molar-refractivity contribution < 1.29 is 4.79 Å². The molecule has 1 N–H and O–H groups in total. The molecule has 0 spiro atoms. The number of hydrogen-bond acceptors (Lipinski definition) is 2. The Bertz CT molecular complexity index is 444. The highest BCUT2D eigenvalue weighted by molar-refractivity contribution is 9.10. The highest BCUT2D eigenvalue weighted by atomic mass is 79.9. The van der Waals surface area contributed by atoms with E-state index in [9.17, 15) is 4.79 Å². The summed E-state index contributed by atoms with van der Waals surface area (Å²) in [5.41, 5.74) is 0.597. The minimum absolute atomic E-state index is 0.0126. The first-order chi connectivity index (χ1) is 8.04. The van der Waals surface area contributed by atoms with Crippen LogP contribution in [-0.2, 0) is 4.79 Å². The van der Waals surface area contributed by atoms with E-state index in [1.165, 1.54) is 0 Å². The molecule has 17 heavy (non-hydrogen) atoms. The number of benzene rings is 1. The van der Waals surface area contributed by atoms with Crippen molar-refractivity contribution in [1.82, 2.24) is 5.32 Å². The fourth-order valence-electron chi connectivity index (χ4n) is 1.96. The monoisotopic (exact) mass is 336 g/mol.